The first-order chi connectivity index (χ1) is 18.9. The summed E-state index contributed by atoms with van der Waals surface area (Å²) in [7, 11) is 0. The summed E-state index contributed by atoms with van der Waals surface area (Å²) in [5.41, 5.74) is 0.709. The van der Waals surface area contributed by atoms with Gasteiger partial charge in [0.15, 0.2) is 0 Å². The van der Waals surface area contributed by atoms with E-state index in [1.165, 1.54) is 36.4 Å². The molecule has 9 heteroatoms. The molecule has 2 atom stereocenters. The van der Waals surface area contributed by atoms with Crippen molar-refractivity contribution < 1.29 is 28.6 Å². The van der Waals surface area contributed by atoms with Crippen molar-refractivity contribution in [2.24, 2.45) is 0 Å². The number of hydrogen-bond donors (Lipinski definition) is 2. The summed E-state index contributed by atoms with van der Waals surface area (Å²) >= 11 is 6.41. The molecule has 3 aromatic rings. The number of aliphatic hydroxyl groups excluding tert-OH is 1. The van der Waals surface area contributed by atoms with Crippen LogP contribution in [-0.4, -0.2) is 53.5 Å². The molecule has 204 valence electrons. The van der Waals surface area contributed by atoms with E-state index in [2.05, 4.69) is 10.2 Å². The van der Waals surface area contributed by atoms with E-state index in [0.717, 1.165) is 38.8 Å². The van der Waals surface area contributed by atoms with Crippen LogP contribution in [0, 0.1) is 5.82 Å². The number of hydrogen-bond acceptors (Lipinski definition) is 6. The maximum absolute atomic E-state index is 13.1. The number of aliphatic hydroxyl groups is 1. The summed E-state index contributed by atoms with van der Waals surface area (Å²) in [5, 5.41) is 14.4. The zero-order valence-corrected chi connectivity index (χ0v) is 22.1. The molecule has 1 aliphatic carbocycles. The molecule has 3 aromatic carbocycles. The van der Waals surface area contributed by atoms with Crippen LogP contribution in [0.15, 0.2) is 66.7 Å². The normalized spacial score (nSPS) is 16.9. The van der Waals surface area contributed by atoms with Crippen molar-refractivity contribution in [1.82, 2.24) is 10.2 Å². The number of likely N-dealkylation sites (tertiary alicyclic amines) is 1. The Balaban J connectivity index is 1.26. The predicted molar refractivity (Wildman–Crippen MR) is 145 cm³/mol. The molecule has 0 bridgehead atoms. The van der Waals surface area contributed by atoms with Gasteiger partial charge in [-0.15, -0.1) is 0 Å². The molecular formula is C30H30ClFN2O5. The maximum Gasteiger partial charge on any atom is 0.292 e. The van der Waals surface area contributed by atoms with E-state index in [1.54, 1.807) is 30.3 Å². The van der Waals surface area contributed by atoms with Crippen LogP contribution < -0.4 is 14.8 Å². The third kappa shape index (κ3) is 7.15. The number of halogens is 2. The number of nitrogens with zero attached hydrogens (tertiary/aromatic N) is 1. The average molecular weight is 553 g/mol. The Morgan fingerprint density at radius 3 is 2.26 bits per heavy atom. The number of amides is 1. The van der Waals surface area contributed by atoms with Gasteiger partial charge in [0.05, 0.1) is 17.2 Å². The van der Waals surface area contributed by atoms with Gasteiger partial charge in [-0.1, -0.05) is 17.7 Å². The van der Waals surface area contributed by atoms with Crippen LogP contribution in [-0.2, 0) is 4.79 Å². The molecule has 2 aliphatic rings. The first-order valence-electron chi connectivity index (χ1n) is 13.1. The van der Waals surface area contributed by atoms with E-state index in [-0.39, 0.29) is 17.5 Å². The monoisotopic (exact) mass is 552 g/mol. The summed E-state index contributed by atoms with van der Waals surface area (Å²) in [5.74, 6) is -0.466. The molecule has 0 radical (unpaired) electrons. The summed E-state index contributed by atoms with van der Waals surface area (Å²) in [4.78, 5) is 28.1. The Morgan fingerprint density at radius 2 is 1.64 bits per heavy atom. The highest BCUT2D eigenvalue weighted by atomic mass is 35.5. The third-order valence-corrected chi connectivity index (χ3v) is 7.13. The highest BCUT2D eigenvalue weighted by Crippen LogP contribution is 2.34. The highest BCUT2D eigenvalue weighted by molar-refractivity contribution is 6.42. The van der Waals surface area contributed by atoms with Gasteiger partial charge in [0.1, 0.15) is 29.2 Å². The molecule has 1 saturated heterocycles. The lowest BCUT2D eigenvalue weighted by atomic mass is 10.0. The molecule has 2 unspecified atom stereocenters. The van der Waals surface area contributed by atoms with Gasteiger partial charge in [0.2, 0.25) is 5.78 Å². The second-order valence-electron chi connectivity index (χ2n) is 9.95. The second kappa shape index (κ2) is 12.2. The average Bonchev–Trinajstić information content (AvgIpc) is 3.61. The molecule has 39 heavy (non-hydrogen) atoms. The molecule has 1 amide bonds. The topological polar surface area (TPSA) is 88.1 Å². The number of nitrogens with one attached hydrogen (secondary N) is 1. The molecule has 2 fully saturated rings. The molecular weight excluding hydrogens is 523 g/mol. The van der Waals surface area contributed by atoms with Crippen LogP contribution in [0.5, 0.6) is 17.2 Å². The Bertz CT molecular complexity index is 1310. The largest absolute Gasteiger partial charge is 0.489 e. The van der Waals surface area contributed by atoms with Crippen molar-refractivity contribution >= 4 is 23.3 Å². The van der Waals surface area contributed by atoms with Gasteiger partial charge in [-0.2, -0.15) is 0 Å². The van der Waals surface area contributed by atoms with Gasteiger partial charge in [-0.3, -0.25) is 9.59 Å². The van der Waals surface area contributed by atoms with Gasteiger partial charge in [0.25, 0.3) is 5.91 Å². The minimum Gasteiger partial charge on any atom is -0.489 e. The second-order valence-corrected chi connectivity index (χ2v) is 10.4. The van der Waals surface area contributed by atoms with E-state index in [0.29, 0.717) is 34.4 Å². The first kappa shape index (κ1) is 27.1. The highest BCUT2D eigenvalue weighted by Gasteiger charge is 2.30. The Kier molecular flexibility index (Phi) is 8.45. The van der Waals surface area contributed by atoms with Gasteiger partial charge < -0.3 is 24.8 Å². The van der Waals surface area contributed by atoms with Crippen LogP contribution >= 0.6 is 11.6 Å². The maximum atomic E-state index is 13.1. The number of ketones is 1. The van der Waals surface area contributed by atoms with E-state index in [9.17, 15) is 19.1 Å². The number of rotatable bonds is 11. The van der Waals surface area contributed by atoms with Crippen LogP contribution in [0.4, 0.5) is 4.39 Å². The smallest absolute Gasteiger partial charge is 0.292 e. The number of carbonyl (C=O) groups excluding carboxylic acids is 2. The number of Topliss-reactive ketones (excluding diaryl/α,β-unsaturated/α-hetero) is 1. The molecule has 0 spiro atoms. The number of ether oxygens (including phenoxy) is 2. The summed E-state index contributed by atoms with van der Waals surface area (Å²) < 4.78 is 24.6. The zero-order valence-electron chi connectivity index (χ0n) is 21.3. The molecule has 5 rings (SSSR count). The SMILES string of the molecule is O=C(NC(CN1CCCC1)C(O)c1ccc(OC2CC2)c(Cl)c1)C(=O)c1ccc(Oc2ccc(F)cc2)cc1. The molecule has 1 saturated carbocycles. The zero-order chi connectivity index (χ0) is 27.4. The van der Waals surface area contributed by atoms with Gasteiger partial charge in [-0.05, 0) is 105 Å². The summed E-state index contributed by atoms with van der Waals surface area (Å²) in [6.45, 7) is 2.11. The van der Waals surface area contributed by atoms with E-state index in [4.69, 9.17) is 21.1 Å². The van der Waals surface area contributed by atoms with Crippen molar-refractivity contribution in [3.05, 3.63) is 88.7 Å². The van der Waals surface area contributed by atoms with Gasteiger partial charge in [0, 0.05) is 12.1 Å². The Labute approximate surface area is 231 Å². The lowest BCUT2D eigenvalue weighted by Crippen LogP contribution is -2.48. The summed E-state index contributed by atoms with van der Waals surface area (Å²) in [6, 6.07) is 16.1. The van der Waals surface area contributed by atoms with Crippen LogP contribution in [0.1, 0.15) is 47.7 Å². The molecule has 1 heterocycles. The molecule has 0 aromatic heterocycles. The van der Waals surface area contributed by atoms with E-state index < -0.39 is 23.8 Å². The fraction of sp³-hybridized carbons (Fsp3) is 0.333. The summed E-state index contributed by atoms with van der Waals surface area (Å²) in [6.07, 6.45) is 3.20. The van der Waals surface area contributed by atoms with E-state index >= 15 is 0 Å². The predicted octanol–water partition coefficient (Wildman–Crippen LogP) is 5.31. The fourth-order valence-electron chi connectivity index (χ4n) is 4.54. The lowest BCUT2D eigenvalue weighted by molar-refractivity contribution is -0.118. The quantitative estimate of drug-likeness (QED) is 0.248. The lowest BCUT2D eigenvalue weighted by Gasteiger charge is -2.28. The molecule has 1 aliphatic heterocycles. The van der Waals surface area contributed by atoms with Crippen molar-refractivity contribution in [1.29, 1.82) is 0 Å². The molecule has 2 N–H and O–H groups in total. The standard InChI is InChI=1S/C30H30ClFN2O5/c31-25-17-20(5-14-27(25)39-24-12-13-24)28(35)26(18-34-15-1-2-16-34)33-30(37)29(36)19-3-8-22(9-4-19)38-23-10-6-21(32)7-11-23/h3-11,14,17,24,26,28,35H,1-2,12-13,15-16,18H2,(H,33,37). The van der Waals surface area contributed by atoms with E-state index in [1.807, 2.05) is 0 Å². The van der Waals surface area contributed by atoms with Crippen molar-refractivity contribution in [2.75, 3.05) is 19.6 Å². The Hall–Kier alpha value is -3.46. The fourth-order valence-corrected chi connectivity index (χ4v) is 4.77. The van der Waals surface area contributed by atoms with Crippen molar-refractivity contribution in [3.8, 4) is 17.2 Å². The number of carbonyl (C=O) groups is 2. The first-order valence-corrected chi connectivity index (χ1v) is 13.5. The molecule has 7 nitrogen and oxygen atoms in total. The minimum absolute atomic E-state index is 0.179. The number of benzene rings is 3. The minimum atomic E-state index is -1.08. The Morgan fingerprint density at radius 1 is 1.00 bits per heavy atom. The third-order valence-electron chi connectivity index (χ3n) is 6.84. The van der Waals surface area contributed by atoms with Crippen LogP contribution in [0.2, 0.25) is 5.02 Å². The van der Waals surface area contributed by atoms with Crippen molar-refractivity contribution in [2.45, 2.75) is 43.9 Å². The van der Waals surface area contributed by atoms with Gasteiger partial charge in [-0.25, -0.2) is 4.39 Å². The van der Waals surface area contributed by atoms with Gasteiger partial charge >= 0.3 is 0 Å². The van der Waals surface area contributed by atoms with Crippen LogP contribution in [0.25, 0.3) is 0 Å². The van der Waals surface area contributed by atoms with Crippen LogP contribution in [0.3, 0.4) is 0 Å². The van der Waals surface area contributed by atoms with Crippen molar-refractivity contribution in [3.63, 3.8) is 0 Å².